The molecular formula is C13H20FNO4S. The molecule has 1 aromatic carbocycles. The number of aryl methyl sites for hydroxylation is 1. The second kappa shape index (κ2) is 7.12. The lowest BCUT2D eigenvalue weighted by Crippen LogP contribution is -2.28. The van der Waals surface area contributed by atoms with Crippen LogP contribution in [0.5, 0.6) is 0 Å². The maximum atomic E-state index is 13.6. The lowest BCUT2D eigenvalue weighted by molar-refractivity contribution is 0.189. The molecule has 5 nitrogen and oxygen atoms in total. The predicted molar refractivity (Wildman–Crippen MR) is 73.4 cm³/mol. The first-order chi connectivity index (χ1) is 9.34. The van der Waals surface area contributed by atoms with Crippen molar-refractivity contribution in [2.24, 2.45) is 0 Å². The van der Waals surface area contributed by atoms with E-state index in [0.29, 0.717) is 19.6 Å². The molecule has 1 N–H and O–H groups in total. The molecule has 7 heteroatoms. The van der Waals surface area contributed by atoms with Crippen molar-refractivity contribution in [2.75, 3.05) is 27.3 Å². The van der Waals surface area contributed by atoms with Gasteiger partial charge in [0.1, 0.15) is 5.82 Å². The zero-order valence-electron chi connectivity index (χ0n) is 11.9. The molecule has 114 valence electrons. The Hall–Kier alpha value is -1.02. The first-order valence-corrected chi connectivity index (χ1v) is 7.63. The number of hydrogen-bond acceptors (Lipinski definition) is 4. The monoisotopic (exact) mass is 305 g/mol. The van der Waals surface area contributed by atoms with E-state index in [0.717, 1.165) is 0 Å². The van der Waals surface area contributed by atoms with Gasteiger partial charge < -0.3 is 9.84 Å². The Morgan fingerprint density at radius 2 is 2.05 bits per heavy atom. The third-order valence-corrected chi connectivity index (χ3v) is 4.84. The van der Waals surface area contributed by atoms with Crippen LogP contribution < -0.4 is 0 Å². The summed E-state index contributed by atoms with van der Waals surface area (Å²) in [5, 5.41) is 9.08. The summed E-state index contributed by atoms with van der Waals surface area (Å²) in [4.78, 5) is -0.0135. The summed E-state index contributed by atoms with van der Waals surface area (Å²) in [6, 6.07) is 2.45. The molecule has 0 heterocycles. The van der Waals surface area contributed by atoms with Crippen molar-refractivity contribution < 1.29 is 22.7 Å². The first-order valence-electron chi connectivity index (χ1n) is 6.19. The van der Waals surface area contributed by atoms with Crippen LogP contribution in [0, 0.1) is 12.7 Å². The Morgan fingerprint density at radius 3 is 2.60 bits per heavy atom. The van der Waals surface area contributed by atoms with E-state index in [1.807, 2.05) is 0 Å². The van der Waals surface area contributed by atoms with Crippen LogP contribution in [0.4, 0.5) is 4.39 Å². The van der Waals surface area contributed by atoms with Gasteiger partial charge in [-0.25, -0.2) is 17.1 Å². The van der Waals surface area contributed by atoms with Crippen LogP contribution in [0.3, 0.4) is 0 Å². The highest BCUT2D eigenvalue weighted by atomic mass is 32.2. The van der Waals surface area contributed by atoms with Gasteiger partial charge in [-0.05, 0) is 31.0 Å². The van der Waals surface area contributed by atoms with E-state index in [1.165, 1.54) is 30.4 Å². The number of methoxy groups -OCH3 is 1. The van der Waals surface area contributed by atoms with Gasteiger partial charge in [-0.1, -0.05) is 0 Å². The van der Waals surface area contributed by atoms with Gasteiger partial charge in [0.05, 0.1) is 11.5 Å². The summed E-state index contributed by atoms with van der Waals surface area (Å²) < 4.78 is 44.4. The van der Waals surface area contributed by atoms with Crippen molar-refractivity contribution >= 4 is 10.0 Å². The van der Waals surface area contributed by atoms with E-state index < -0.39 is 22.4 Å². The number of aliphatic hydroxyl groups is 1. The van der Waals surface area contributed by atoms with Crippen molar-refractivity contribution in [3.05, 3.63) is 29.1 Å². The van der Waals surface area contributed by atoms with Gasteiger partial charge >= 0.3 is 0 Å². The Kier molecular flexibility index (Phi) is 6.07. The van der Waals surface area contributed by atoms with E-state index >= 15 is 0 Å². The number of aliphatic hydroxyl groups excluding tert-OH is 1. The minimum atomic E-state index is -3.69. The van der Waals surface area contributed by atoms with Crippen molar-refractivity contribution in [1.29, 1.82) is 0 Å². The fourth-order valence-electron chi connectivity index (χ4n) is 1.80. The average molecular weight is 305 g/mol. The molecule has 0 saturated carbocycles. The number of halogens is 1. The fourth-order valence-corrected chi connectivity index (χ4v) is 3.15. The van der Waals surface area contributed by atoms with Gasteiger partial charge in [0.15, 0.2) is 0 Å². The van der Waals surface area contributed by atoms with Gasteiger partial charge in [0.25, 0.3) is 0 Å². The molecule has 0 fully saturated rings. The summed E-state index contributed by atoms with van der Waals surface area (Å²) in [5.74, 6) is -0.575. The van der Waals surface area contributed by atoms with Crippen molar-refractivity contribution in [3.63, 3.8) is 0 Å². The third-order valence-electron chi connectivity index (χ3n) is 3.00. The van der Waals surface area contributed by atoms with E-state index in [1.54, 1.807) is 7.11 Å². The highest BCUT2D eigenvalue weighted by Crippen LogP contribution is 2.21. The minimum Gasteiger partial charge on any atom is -0.392 e. The fraction of sp³-hybridized carbons (Fsp3) is 0.538. The summed E-state index contributed by atoms with van der Waals surface area (Å²) in [6.45, 7) is 1.70. The van der Waals surface area contributed by atoms with Crippen molar-refractivity contribution in [2.45, 2.75) is 24.8 Å². The van der Waals surface area contributed by atoms with Crippen LogP contribution in [0.15, 0.2) is 17.0 Å². The van der Waals surface area contributed by atoms with Crippen LogP contribution >= 0.6 is 0 Å². The van der Waals surface area contributed by atoms with Crippen LogP contribution in [0.2, 0.25) is 0 Å². The molecule has 20 heavy (non-hydrogen) atoms. The molecule has 0 radical (unpaired) electrons. The molecule has 0 aliphatic carbocycles. The van der Waals surface area contributed by atoms with Gasteiger partial charge in [0, 0.05) is 32.9 Å². The molecule has 0 aliphatic heterocycles. The van der Waals surface area contributed by atoms with Gasteiger partial charge in [-0.15, -0.1) is 0 Å². The first kappa shape index (κ1) is 17.0. The maximum Gasteiger partial charge on any atom is 0.242 e. The van der Waals surface area contributed by atoms with Crippen LogP contribution in [0.25, 0.3) is 0 Å². The molecule has 1 rings (SSSR count). The molecule has 0 saturated heterocycles. The van der Waals surface area contributed by atoms with E-state index in [4.69, 9.17) is 9.84 Å². The Labute approximate surface area is 119 Å². The highest BCUT2D eigenvalue weighted by Gasteiger charge is 2.22. The topological polar surface area (TPSA) is 66.8 Å². The molecule has 1 aromatic rings. The summed E-state index contributed by atoms with van der Waals surface area (Å²) >= 11 is 0. The van der Waals surface area contributed by atoms with Gasteiger partial charge in [0.2, 0.25) is 10.0 Å². The second-order valence-electron chi connectivity index (χ2n) is 4.54. The summed E-state index contributed by atoms with van der Waals surface area (Å²) in [6.07, 6.45) is 0.569. The normalized spacial score (nSPS) is 12.1. The lowest BCUT2D eigenvalue weighted by Gasteiger charge is -2.18. The lowest BCUT2D eigenvalue weighted by atomic mass is 10.1. The number of hydrogen-bond donors (Lipinski definition) is 1. The number of benzene rings is 1. The van der Waals surface area contributed by atoms with Crippen LogP contribution in [-0.4, -0.2) is 45.1 Å². The van der Waals surface area contributed by atoms with E-state index in [9.17, 15) is 12.8 Å². The maximum absolute atomic E-state index is 13.6. The third kappa shape index (κ3) is 3.76. The number of rotatable bonds is 7. The molecule has 0 aliphatic rings. The number of sulfonamides is 1. The molecule has 0 unspecified atom stereocenters. The standard InChI is InChI=1S/C13H20FNO4S/c1-10-7-12(8-11(9-16)13(10)14)20(17,18)15(2)5-4-6-19-3/h7-8,16H,4-6,9H2,1-3H3. The molecule has 0 atom stereocenters. The van der Waals surface area contributed by atoms with Gasteiger partial charge in [-0.3, -0.25) is 0 Å². The molecule has 0 amide bonds. The molecular weight excluding hydrogens is 285 g/mol. The predicted octanol–water partition coefficient (Wildman–Crippen LogP) is 1.28. The summed E-state index contributed by atoms with van der Waals surface area (Å²) in [5.41, 5.74) is 0.175. The Morgan fingerprint density at radius 1 is 1.40 bits per heavy atom. The SMILES string of the molecule is COCCCN(C)S(=O)(=O)c1cc(C)c(F)c(CO)c1. The van der Waals surface area contributed by atoms with E-state index in [-0.39, 0.29) is 16.0 Å². The quantitative estimate of drug-likeness (QED) is 0.771. The zero-order valence-corrected chi connectivity index (χ0v) is 12.7. The number of ether oxygens (including phenoxy) is 1. The van der Waals surface area contributed by atoms with Crippen LogP contribution in [-0.2, 0) is 21.4 Å². The molecule has 0 spiro atoms. The Balaban J connectivity index is 3.06. The number of nitrogens with zero attached hydrogens (tertiary/aromatic N) is 1. The van der Waals surface area contributed by atoms with Crippen molar-refractivity contribution in [1.82, 2.24) is 4.31 Å². The van der Waals surface area contributed by atoms with Gasteiger partial charge in [-0.2, -0.15) is 0 Å². The van der Waals surface area contributed by atoms with Crippen LogP contribution in [0.1, 0.15) is 17.5 Å². The zero-order chi connectivity index (χ0) is 15.3. The molecule has 0 aromatic heterocycles. The largest absolute Gasteiger partial charge is 0.392 e. The molecule has 0 bridgehead atoms. The summed E-state index contributed by atoms with van der Waals surface area (Å²) in [7, 11) is -0.684. The Bertz CT molecular complexity index is 560. The second-order valence-corrected chi connectivity index (χ2v) is 6.59. The average Bonchev–Trinajstić information content (AvgIpc) is 2.41. The van der Waals surface area contributed by atoms with Crippen molar-refractivity contribution in [3.8, 4) is 0 Å². The highest BCUT2D eigenvalue weighted by molar-refractivity contribution is 7.89. The smallest absolute Gasteiger partial charge is 0.242 e. The van der Waals surface area contributed by atoms with E-state index in [2.05, 4.69) is 0 Å². The minimum absolute atomic E-state index is 0.0135.